The largest absolute Gasteiger partial charge is 0.457 e. The van der Waals surface area contributed by atoms with Gasteiger partial charge in [-0.3, -0.25) is 0 Å². The summed E-state index contributed by atoms with van der Waals surface area (Å²) >= 11 is 0. The Morgan fingerprint density at radius 1 is 0.512 bits per heavy atom. The minimum absolute atomic E-state index is 0.138. The number of para-hydroxylation sites is 4. The van der Waals surface area contributed by atoms with Gasteiger partial charge in [-0.2, -0.15) is 0 Å². The van der Waals surface area contributed by atoms with Gasteiger partial charge in [0.25, 0.3) is 0 Å². The van der Waals surface area contributed by atoms with Gasteiger partial charge in [0.05, 0.1) is 11.0 Å². The molecule has 1 aliphatic heterocycles. The van der Waals surface area contributed by atoms with E-state index in [-0.39, 0.29) is 5.41 Å². The third-order valence-corrected chi connectivity index (χ3v) is 8.67. The molecule has 0 N–H and O–H groups in total. The van der Waals surface area contributed by atoms with E-state index in [1.807, 2.05) is 6.07 Å². The van der Waals surface area contributed by atoms with Gasteiger partial charge in [-0.25, -0.2) is 0 Å². The molecule has 0 aliphatic carbocycles. The molecule has 2 heteroatoms. The Hall–Kier alpha value is -5.08. The van der Waals surface area contributed by atoms with Gasteiger partial charge in [-0.1, -0.05) is 117 Å². The lowest BCUT2D eigenvalue weighted by Crippen LogP contribution is -2.24. The maximum atomic E-state index is 6.29. The van der Waals surface area contributed by atoms with Crippen LogP contribution in [0.15, 0.2) is 140 Å². The SMILES string of the molecule is CC1(C)c2ccccc2Oc2ccc(-c3ccc(-c4cccc5c6ccccc6n(-c6ccccc6)c45)cc3)cc21. The smallest absolute Gasteiger partial charge is 0.131 e. The number of fused-ring (bicyclic) bond motifs is 5. The molecule has 7 aromatic rings. The van der Waals surface area contributed by atoms with Crippen molar-refractivity contribution in [3.8, 4) is 39.4 Å². The minimum Gasteiger partial charge on any atom is -0.457 e. The highest BCUT2D eigenvalue weighted by molar-refractivity contribution is 6.13. The standard InChI is InChI=1S/C39H29NO/c1-39(2)33-16-7-9-18-36(33)41-37-24-23-28(25-34(37)39)26-19-21-27(22-20-26)30-14-10-15-32-31-13-6-8-17-35(31)40(38(30)32)29-11-4-3-5-12-29/h3-25H,1-2H3. The monoisotopic (exact) mass is 527 g/mol. The lowest BCUT2D eigenvalue weighted by atomic mass is 9.75. The summed E-state index contributed by atoms with van der Waals surface area (Å²) in [5.74, 6) is 1.89. The van der Waals surface area contributed by atoms with Gasteiger partial charge in [0.1, 0.15) is 11.5 Å². The highest BCUT2D eigenvalue weighted by atomic mass is 16.5. The van der Waals surface area contributed by atoms with Crippen LogP contribution in [-0.4, -0.2) is 4.57 Å². The van der Waals surface area contributed by atoms with Crippen molar-refractivity contribution in [1.82, 2.24) is 4.57 Å². The zero-order chi connectivity index (χ0) is 27.6. The number of hydrogen-bond acceptors (Lipinski definition) is 1. The van der Waals surface area contributed by atoms with Gasteiger partial charge in [-0.05, 0) is 53.1 Å². The average Bonchev–Trinajstić information content (AvgIpc) is 3.36. The second-order valence-corrected chi connectivity index (χ2v) is 11.4. The molecular weight excluding hydrogens is 498 g/mol. The molecule has 196 valence electrons. The molecule has 0 fully saturated rings. The molecule has 6 aromatic carbocycles. The molecule has 1 aliphatic rings. The molecular formula is C39H29NO. The lowest BCUT2D eigenvalue weighted by molar-refractivity contribution is 0.418. The zero-order valence-electron chi connectivity index (χ0n) is 23.1. The van der Waals surface area contributed by atoms with Gasteiger partial charge in [-0.15, -0.1) is 0 Å². The second kappa shape index (κ2) is 8.97. The fraction of sp³-hybridized carbons (Fsp3) is 0.0769. The van der Waals surface area contributed by atoms with Crippen molar-refractivity contribution in [2.24, 2.45) is 0 Å². The van der Waals surface area contributed by atoms with Crippen LogP contribution in [0.2, 0.25) is 0 Å². The van der Waals surface area contributed by atoms with E-state index in [0.29, 0.717) is 0 Å². The molecule has 0 unspecified atom stereocenters. The average molecular weight is 528 g/mol. The summed E-state index contributed by atoms with van der Waals surface area (Å²) in [6.07, 6.45) is 0. The van der Waals surface area contributed by atoms with Crippen LogP contribution in [0.5, 0.6) is 11.5 Å². The van der Waals surface area contributed by atoms with E-state index in [1.165, 1.54) is 60.9 Å². The quantitative estimate of drug-likeness (QED) is 0.223. The summed E-state index contributed by atoms with van der Waals surface area (Å²) in [5, 5.41) is 2.54. The highest BCUT2D eigenvalue weighted by Gasteiger charge is 2.34. The molecule has 0 bridgehead atoms. The van der Waals surface area contributed by atoms with Crippen molar-refractivity contribution in [2.45, 2.75) is 19.3 Å². The van der Waals surface area contributed by atoms with E-state index >= 15 is 0 Å². The van der Waals surface area contributed by atoms with E-state index in [9.17, 15) is 0 Å². The predicted octanol–water partition coefficient (Wildman–Crippen LogP) is 10.5. The number of aromatic nitrogens is 1. The van der Waals surface area contributed by atoms with Gasteiger partial charge < -0.3 is 9.30 Å². The van der Waals surface area contributed by atoms with Gasteiger partial charge in [0.15, 0.2) is 0 Å². The molecule has 2 nitrogen and oxygen atoms in total. The molecule has 8 rings (SSSR count). The first-order chi connectivity index (χ1) is 20.1. The summed E-state index contributed by atoms with van der Waals surface area (Å²) in [6.45, 7) is 4.57. The van der Waals surface area contributed by atoms with Crippen LogP contribution in [0.1, 0.15) is 25.0 Å². The van der Waals surface area contributed by atoms with Crippen LogP contribution in [0.25, 0.3) is 49.7 Å². The summed E-state index contributed by atoms with van der Waals surface area (Å²) < 4.78 is 8.69. The summed E-state index contributed by atoms with van der Waals surface area (Å²) in [4.78, 5) is 0. The summed E-state index contributed by atoms with van der Waals surface area (Å²) in [5.41, 5.74) is 10.8. The number of nitrogens with zero attached hydrogens (tertiary/aromatic N) is 1. The molecule has 0 spiro atoms. The first-order valence-electron chi connectivity index (χ1n) is 14.2. The maximum Gasteiger partial charge on any atom is 0.131 e. The summed E-state index contributed by atoms with van der Waals surface area (Å²) in [6, 6.07) is 50.0. The first-order valence-corrected chi connectivity index (χ1v) is 14.2. The van der Waals surface area contributed by atoms with Crippen molar-refractivity contribution >= 4 is 21.8 Å². The lowest BCUT2D eigenvalue weighted by Gasteiger charge is -2.34. The minimum atomic E-state index is -0.138. The van der Waals surface area contributed by atoms with Gasteiger partial charge >= 0.3 is 0 Å². The van der Waals surface area contributed by atoms with E-state index in [2.05, 4.69) is 152 Å². The third kappa shape index (κ3) is 3.64. The van der Waals surface area contributed by atoms with Crippen molar-refractivity contribution in [3.63, 3.8) is 0 Å². The molecule has 0 saturated heterocycles. The third-order valence-electron chi connectivity index (χ3n) is 8.67. The Kier molecular flexibility index (Phi) is 5.20. The van der Waals surface area contributed by atoms with Crippen molar-refractivity contribution < 1.29 is 4.74 Å². The molecule has 1 aromatic heterocycles. The highest BCUT2D eigenvalue weighted by Crippen LogP contribution is 2.48. The van der Waals surface area contributed by atoms with Gasteiger partial charge in [0, 0.05) is 38.6 Å². The maximum absolute atomic E-state index is 6.29. The topological polar surface area (TPSA) is 14.2 Å². The fourth-order valence-corrected chi connectivity index (χ4v) is 6.56. The molecule has 0 radical (unpaired) electrons. The van der Waals surface area contributed by atoms with Crippen LogP contribution in [-0.2, 0) is 5.41 Å². The van der Waals surface area contributed by atoms with E-state index in [4.69, 9.17) is 4.74 Å². The zero-order valence-corrected chi connectivity index (χ0v) is 23.1. The molecule has 0 saturated carbocycles. The second-order valence-electron chi connectivity index (χ2n) is 11.4. The van der Waals surface area contributed by atoms with Crippen LogP contribution in [0.4, 0.5) is 0 Å². The van der Waals surface area contributed by atoms with Gasteiger partial charge in [0.2, 0.25) is 0 Å². The van der Waals surface area contributed by atoms with E-state index < -0.39 is 0 Å². The van der Waals surface area contributed by atoms with E-state index in [0.717, 1.165) is 11.5 Å². The Bertz CT molecular complexity index is 2080. The molecule has 2 heterocycles. The normalized spacial score (nSPS) is 13.5. The van der Waals surface area contributed by atoms with Crippen molar-refractivity contribution in [2.75, 3.05) is 0 Å². The fourth-order valence-electron chi connectivity index (χ4n) is 6.56. The Labute approximate surface area is 240 Å². The molecule has 41 heavy (non-hydrogen) atoms. The predicted molar refractivity (Wildman–Crippen MR) is 170 cm³/mol. The Balaban J connectivity index is 1.24. The van der Waals surface area contributed by atoms with Crippen molar-refractivity contribution in [3.05, 3.63) is 151 Å². The molecule has 0 atom stereocenters. The van der Waals surface area contributed by atoms with E-state index in [1.54, 1.807) is 0 Å². The first kappa shape index (κ1) is 23.8. The number of ether oxygens (including phenoxy) is 1. The number of rotatable bonds is 3. The van der Waals surface area contributed by atoms with Crippen LogP contribution in [0.3, 0.4) is 0 Å². The Morgan fingerprint density at radius 3 is 2.02 bits per heavy atom. The van der Waals surface area contributed by atoms with Crippen molar-refractivity contribution in [1.29, 1.82) is 0 Å². The Morgan fingerprint density at radius 2 is 1.17 bits per heavy atom. The van der Waals surface area contributed by atoms with Crippen LogP contribution in [0, 0.1) is 0 Å². The van der Waals surface area contributed by atoms with Crippen LogP contribution < -0.4 is 4.74 Å². The molecule has 0 amide bonds. The number of benzene rings is 6. The van der Waals surface area contributed by atoms with Crippen LogP contribution >= 0.6 is 0 Å². The summed E-state index contributed by atoms with van der Waals surface area (Å²) in [7, 11) is 0. The number of hydrogen-bond donors (Lipinski definition) is 0.